The van der Waals surface area contributed by atoms with Gasteiger partial charge >= 0.3 is 0 Å². The number of allylic oxidation sites excluding steroid dienone is 9. The second-order valence-electron chi connectivity index (χ2n) is 10.2. The first-order valence-corrected chi connectivity index (χ1v) is 12.9. The van der Waals surface area contributed by atoms with Crippen LogP contribution in [0.25, 0.3) is 0 Å². The van der Waals surface area contributed by atoms with Gasteiger partial charge in [-0.2, -0.15) is 0 Å². The molecule has 1 saturated carbocycles. The molecule has 2 N–H and O–H groups in total. The van der Waals surface area contributed by atoms with E-state index in [0.717, 1.165) is 42.1 Å². The highest BCUT2D eigenvalue weighted by molar-refractivity contribution is 5.88. The summed E-state index contributed by atoms with van der Waals surface area (Å²) in [5, 5.41) is 12.0. The number of aliphatic imine (C=N–C) groups is 3. The lowest BCUT2D eigenvalue weighted by Crippen LogP contribution is -2.43. The van der Waals surface area contributed by atoms with E-state index in [-0.39, 0.29) is 5.92 Å². The maximum Gasteiger partial charge on any atom is 0.157 e. The van der Waals surface area contributed by atoms with E-state index in [1.165, 1.54) is 0 Å². The van der Waals surface area contributed by atoms with E-state index in [2.05, 4.69) is 79.2 Å². The highest BCUT2D eigenvalue weighted by Gasteiger charge is 2.40. The summed E-state index contributed by atoms with van der Waals surface area (Å²) >= 11 is 0. The molecule has 36 heavy (non-hydrogen) atoms. The number of nitrogens with one attached hydrogen (secondary N) is 1. The molecule has 2 rings (SSSR count). The zero-order chi connectivity index (χ0) is 26.7. The van der Waals surface area contributed by atoms with E-state index in [9.17, 15) is 5.11 Å². The SMILES string of the molecule is C=CC(/C=C/C1=C(/N=C/C(/C=C\C(C)C2CC(C)(O)C2)=C/C)N(NC)/C(=C\C(C)C)N=C1)CC=NC. The van der Waals surface area contributed by atoms with Gasteiger partial charge in [-0.3, -0.25) is 0 Å². The fourth-order valence-electron chi connectivity index (χ4n) is 4.29. The van der Waals surface area contributed by atoms with Crippen molar-refractivity contribution in [1.29, 1.82) is 0 Å². The maximum atomic E-state index is 10.1. The van der Waals surface area contributed by atoms with Crippen LogP contribution in [0.3, 0.4) is 0 Å². The van der Waals surface area contributed by atoms with Gasteiger partial charge in [-0.15, -0.1) is 6.58 Å². The minimum absolute atomic E-state index is 0.179. The molecule has 2 atom stereocenters. The predicted molar refractivity (Wildman–Crippen MR) is 155 cm³/mol. The summed E-state index contributed by atoms with van der Waals surface area (Å²) in [6.07, 6.45) is 22.8. The van der Waals surface area contributed by atoms with Gasteiger partial charge in [0.15, 0.2) is 5.82 Å². The summed E-state index contributed by atoms with van der Waals surface area (Å²) in [4.78, 5) is 13.7. The summed E-state index contributed by atoms with van der Waals surface area (Å²) in [7, 11) is 3.66. The predicted octanol–water partition coefficient (Wildman–Crippen LogP) is 6.04. The normalized spacial score (nSPS) is 26.4. The highest BCUT2D eigenvalue weighted by Crippen LogP contribution is 2.42. The number of hydrazine groups is 1. The van der Waals surface area contributed by atoms with Crippen LogP contribution in [-0.2, 0) is 0 Å². The minimum Gasteiger partial charge on any atom is -0.390 e. The lowest BCUT2D eigenvalue weighted by molar-refractivity contribution is -0.0677. The Morgan fingerprint density at radius 3 is 2.61 bits per heavy atom. The van der Waals surface area contributed by atoms with Gasteiger partial charge in [0.05, 0.1) is 5.60 Å². The molecule has 2 aliphatic rings. The third-order valence-corrected chi connectivity index (χ3v) is 6.54. The Bertz CT molecular complexity index is 983. The van der Waals surface area contributed by atoms with Crippen molar-refractivity contribution in [2.45, 2.75) is 59.5 Å². The standard InChI is InChI=1S/C30H45N5O/c1-9-24(15-16-31-7)13-14-26-21-33-28(17-22(3)4)35(32-8)29(26)34-20-25(10-2)12-11-23(5)27-18-30(6,36)19-27/h9-14,16-17,20-24,27,32,36H,1,15,18-19H2,2-8H3/b12-11-,14-13+,25-10+,28-17-,31-16?,34-20+. The smallest absolute Gasteiger partial charge is 0.157 e. The van der Waals surface area contributed by atoms with Gasteiger partial charge in [-0.05, 0) is 74.6 Å². The van der Waals surface area contributed by atoms with E-state index >= 15 is 0 Å². The molecule has 0 amide bonds. The minimum atomic E-state index is -0.498. The first kappa shape index (κ1) is 29.4. The molecule has 0 spiro atoms. The number of rotatable bonds is 12. The lowest BCUT2D eigenvalue weighted by Gasteiger charge is -2.43. The van der Waals surface area contributed by atoms with Crippen molar-refractivity contribution in [1.82, 2.24) is 10.4 Å². The van der Waals surface area contributed by atoms with Crippen LogP contribution >= 0.6 is 0 Å². The van der Waals surface area contributed by atoms with Crippen molar-refractivity contribution in [2.75, 3.05) is 14.1 Å². The van der Waals surface area contributed by atoms with Crippen LogP contribution in [0.5, 0.6) is 0 Å². The average Bonchev–Trinajstić information content (AvgIpc) is 2.82. The van der Waals surface area contributed by atoms with Crippen LogP contribution in [0.2, 0.25) is 0 Å². The molecular formula is C30H45N5O. The molecule has 0 aromatic heterocycles. The first-order valence-electron chi connectivity index (χ1n) is 12.9. The van der Waals surface area contributed by atoms with Crippen molar-refractivity contribution >= 4 is 18.6 Å². The average molecular weight is 492 g/mol. The zero-order valence-electron chi connectivity index (χ0n) is 23.1. The number of hydrogen-bond donors (Lipinski definition) is 2. The monoisotopic (exact) mass is 491 g/mol. The van der Waals surface area contributed by atoms with E-state index in [1.807, 2.05) is 50.6 Å². The molecule has 1 aliphatic carbocycles. The third kappa shape index (κ3) is 8.68. The molecule has 196 valence electrons. The van der Waals surface area contributed by atoms with Gasteiger partial charge in [-0.1, -0.05) is 57.2 Å². The third-order valence-electron chi connectivity index (χ3n) is 6.54. The Morgan fingerprint density at radius 1 is 1.33 bits per heavy atom. The molecule has 0 aromatic rings. The molecule has 0 saturated heterocycles. The first-order chi connectivity index (χ1) is 17.1. The molecule has 6 heteroatoms. The number of hydrogen-bond acceptors (Lipinski definition) is 6. The fourth-order valence-corrected chi connectivity index (χ4v) is 4.29. The van der Waals surface area contributed by atoms with Crippen molar-refractivity contribution < 1.29 is 5.11 Å². The molecule has 1 aliphatic heterocycles. The Labute approximate surface area is 218 Å². The van der Waals surface area contributed by atoms with Gasteiger partial charge in [0.1, 0.15) is 5.82 Å². The molecule has 0 aromatic carbocycles. The summed E-state index contributed by atoms with van der Waals surface area (Å²) in [5.41, 5.74) is 4.69. The Morgan fingerprint density at radius 2 is 2.06 bits per heavy atom. The van der Waals surface area contributed by atoms with Crippen LogP contribution in [0.4, 0.5) is 0 Å². The van der Waals surface area contributed by atoms with Crippen LogP contribution < -0.4 is 5.43 Å². The quantitative estimate of drug-likeness (QED) is 0.199. The summed E-state index contributed by atoms with van der Waals surface area (Å²) in [5.74, 6) is 3.05. The van der Waals surface area contributed by atoms with E-state index in [1.54, 1.807) is 7.05 Å². The van der Waals surface area contributed by atoms with Crippen LogP contribution in [-0.4, -0.2) is 48.5 Å². The van der Waals surface area contributed by atoms with Crippen LogP contribution in [0.1, 0.15) is 53.9 Å². The van der Waals surface area contributed by atoms with E-state index < -0.39 is 5.60 Å². The largest absolute Gasteiger partial charge is 0.390 e. The molecule has 0 bridgehead atoms. The van der Waals surface area contributed by atoms with Gasteiger partial charge < -0.3 is 10.1 Å². The fraction of sp³-hybridized carbons (Fsp3) is 0.500. The molecule has 0 radical (unpaired) electrons. The van der Waals surface area contributed by atoms with Crippen molar-refractivity contribution in [3.05, 3.63) is 71.9 Å². The topological polar surface area (TPSA) is 72.6 Å². The second-order valence-corrected chi connectivity index (χ2v) is 10.2. The Hall–Kier alpha value is -2.83. The summed E-state index contributed by atoms with van der Waals surface area (Å²) in [6, 6.07) is 0. The summed E-state index contributed by atoms with van der Waals surface area (Å²) < 4.78 is 0. The highest BCUT2D eigenvalue weighted by atomic mass is 16.3. The molecule has 6 nitrogen and oxygen atoms in total. The molecule has 1 heterocycles. The van der Waals surface area contributed by atoms with Gasteiger partial charge in [0.25, 0.3) is 0 Å². The van der Waals surface area contributed by atoms with Crippen molar-refractivity contribution in [3.63, 3.8) is 0 Å². The van der Waals surface area contributed by atoms with E-state index in [0.29, 0.717) is 17.8 Å². The van der Waals surface area contributed by atoms with Gasteiger partial charge in [0.2, 0.25) is 0 Å². The van der Waals surface area contributed by atoms with E-state index in [4.69, 9.17) is 4.99 Å². The zero-order valence-corrected chi connectivity index (χ0v) is 23.1. The van der Waals surface area contributed by atoms with Crippen LogP contribution in [0, 0.1) is 23.7 Å². The van der Waals surface area contributed by atoms with Crippen molar-refractivity contribution in [3.8, 4) is 0 Å². The Balaban J connectivity index is 2.33. The second kappa shape index (κ2) is 14.0. The molecule has 1 fully saturated rings. The van der Waals surface area contributed by atoms with Crippen LogP contribution in [0.15, 0.2) is 86.9 Å². The Kier molecular flexibility index (Phi) is 11.5. The number of nitrogens with zero attached hydrogens (tertiary/aromatic N) is 4. The maximum absolute atomic E-state index is 10.1. The summed E-state index contributed by atoms with van der Waals surface area (Å²) in [6.45, 7) is 14.4. The molecule has 2 unspecified atom stereocenters. The lowest BCUT2D eigenvalue weighted by atomic mass is 9.67. The van der Waals surface area contributed by atoms with Gasteiger partial charge in [0, 0.05) is 32.1 Å². The van der Waals surface area contributed by atoms with Crippen molar-refractivity contribution in [2.24, 2.45) is 38.6 Å². The number of aliphatic hydroxyl groups is 1. The molecular weight excluding hydrogens is 446 g/mol. The van der Waals surface area contributed by atoms with Gasteiger partial charge in [-0.25, -0.2) is 20.4 Å².